The van der Waals surface area contributed by atoms with Gasteiger partial charge in [0.05, 0.1) is 7.11 Å². The maximum absolute atomic E-state index is 5.29. The summed E-state index contributed by atoms with van der Waals surface area (Å²) in [5.41, 5.74) is 1.14. The molecule has 2 aromatic carbocycles. The predicted octanol–water partition coefficient (Wildman–Crippen LogP) is 2.86. The van der Waals surface area contributed by atoms with E-state index >= 15 is 0 Å². The van der Waals surface area contributed by atoms with Gasteiger partial charge in [-0.3, -0.25) is 0 Å². The van der Waals surface area contributed by atoms with Crippen molar-refractivity contribution >= 4 is 16.8 Å². The minimum atomic E-state index is 0.429. The van der Waals surface area contributed by atoms with E-state index in [9.17, 15) is 0 Å². The quantitative estimate of drug-likeness (QED) is 0.789. The Bertz CT molecular complexity index is 737. The smallest absolute Gasteiger partial charge is 0.321 e. The molecule has 102 valence electrons. The van der Waals surface area contributed by atoms with Crippen LogP contribution in [0.4, 0.5) is 6.01 Å². The van der Waals surface area contributed by atoms with E-state index in [0.717, 1.165) is 16.7 Å². The number of fused-ring (bicyclic) bond motifs is 1. The highest BCUT2D eigenvalue weighted by Gasteiger charge is 2.08. The van der Waals surface area contributed by atoms with Gasteiger partial charge in [0.1, 0.15) is 5.75 Å². The molecular weight excluding hydrogens is 254 g/mol. The van der Waals surface area contributed by atoms with Crippen LogP contribution in [0.1, 0.15) is 11.4 Å². The van der Waals surface area contributed by atoms with Crippen LogP contribution in [-0.4, -0.2) is 24.3 Å². The summed E-state index contributed by atoms with van der Waals surface area (Å²) in [5, 5.41) is 9.09. The molecule has 0 spiro atoms. The van der Waals surface area contributed by atoms with Gasteiger partial charge in [0.25, 0.3) is 0 Å². The van der Waals surface area contributed by atoms with E-state index in [2.05, 4.69) is 27.6 Å². The summed E-state index contributed by atoms with van der Waals surface area (Å²) in [5.74, 6) is 1.50. The van der Waals surface area contributed by atoms with Crippen molar-refractivity contribution in [3.8, 4) is 5.75 Å². The van der Waals surface area contributed by atoms with Crippen LogP contribution in [0.5, 0.6) is 5.75 Å². The molecule has 0 amide bonds. The molecule has 0 atom stereocenters. The monoisotopic (exact) mass is 269 g/mol. The fourth-order valence-electron chi connectivity index (χ4n) is 2.20. The van der Waals surface area contributed by atoms with Crippen LogP contribution in [0, 0.1) is 0 Å². The van der Waals surface area contributed by atoms with Crippen LogP contribution in [0.25, 0.3) is 10.8 Å². The second kappa shape index (κ2) is 5.21. The molecule has 3 rings (SSSR count). The van der Waals surface area contributed by atoms with Gasteiger partial charge in [-0.1, -0.05) is 29.4 Å². The predicted molar refractivity (Wildman–Crippen MR) is 77.2 cm³/mol. The Kier molecular flexibility index (Phi) is 3.25. The van der Waals surface area contributed by atoms with E-state index in [4.69, 9.17) is 9.26 Å². The molecule has 1 aromatic heterocycles. The van der Waals surface area contributed by atoms with Gasteiger partial charge in [0.15, 0.2) is 5.82 Å². The molecule has 0 unspecified atom stereocenters. The number of anilines is 1. The number of aromatic nitrogens is 2. The Morgan fingerprint density at radius 3 is 2.90 bits per heavy atom. The number of ether oxygens (including phenoxy) is 1. The van der Waals surface area contributed by atoms with Gasteiger partial charge in [-0.05, 0) is 28.5 Å². The number of rotatable bonds is 4. The summed E-state index contributed by atoms with van der Waals surface area (Å²) in [6.07, 6.45) is 0.621. The van der Waals surface area contributed by atoms with Gasteiger partial charge in [0.2, 0.25) is 0 Å². The van der Waals surface area contributed by atoms with Crippen molar-refractivity contribution < 1.29 is 9.26 Å². The molecule has 5 nitrogen and oxygen atoms in total. The molecule has 1 N–H and O–H groups in total. The summed E-state index contributed by atoms with van der Waals surface area (Å²) in [6.45, 7) is 0. The highest BCUT2D eigenvalue weighted by molar-refractivity contribution is 5.87. The highest BCUT2D eigenvalue weighted by atomic mass is 16.5. The van der Waals surface area contributed by atoms with E-state index < -0.39 is 0 Å². The lowest BCUT2D eigenvalue weighted by Gasteiger charge is -2.06. The molecule has 0 radical (unpaired) electrons. The van der Waals surface area contributed by atoms with Gasteiger partial charge in [-0.25, -0.2) is 0 Å². The van der Waals surface area contributed by atoms with Crippen molar-refractivity contribution in [1.29, 1.82) is 0 Å². The van der Waals surface area contributed by atoms with Gasteiger partial charge in [0, 0.05) is 13.5 Å². The summed E-state index contributed by atoms with van der Waals surface area (Å²) < 4.78 is 10.3. The average molecular weight is 269 g/mol. The Morgan fingerprint density at radius 1 is 1.25 bits per heavy atom. The zero-order chi connectivity index (χ0) is 13.9. The van der Waals surface area contributed by atoms with Crippen LogP contribution in [-0.2, 0) is 6.42 Å². The SMILES string of the molecule is CNc1nc(Cc2cccc3ccc(OC)cc23)no1. The van der Waals surface area contributed by atoms with Crippen molar-refractivity contribution in [2.24, 2.45) is 0 Å². The molecule has 1 heterocycles. The average Bonchev–Trinajstić information content (AvgIpc) is 2.95. The fraction of sp³-hybridized carbons (Fsp3) is 0.200. The molecular formula is C15H15N3O2. The topological polar surface area (TPSA) is 60.2 Å². The van der Waals surface area contributed by atoms with Gasteiger partial charge in [-0.15, -0.1) is 0 Å². The molecule has 0 aliphatic heterocycles. The first-order valence-electron chi connectivity index (χ1n) is 6.36. The number of benzene rings is 2. The third-order valence-corrected chi connectivity index (χ3v) is 3.21. The minimum absolute atomic E-state index is 0.429. The van der Waals surface area contributed by atoms with E-state index in [1.165, 1.54) is 5.39 Å². The molecule has 0 bridgehead atoms. The number of nitrogens with zero attached hydrogens (tertiary/aromatic N) is 2. The lowest BCUT2D eigenvalue weighted by molar-refractivity contribution is 0.415. The largest absolute Gasteiger partial charge is 0.497 e. The van der Waals surface area contributed by atoms with Crippen molar-refractivity contribution in [2.45, 2.75) is 6.42 Å². The molecule has 0 aliphatic rings. The number of hydrogen-bond acceptors (Lipinski definition) is 5. The first-order chi connectivity index (χ1) is 9.80. The highest BCUT2D eigenvalue weighted by Crippen LogP contribution is 2.25. The standard InChI is InChI=1S/C15H15N3O2/c1-16-15-17-14(18-20-15)8-11-5-3-4-10-6-7-12(19-2)9-13(10)11/h3-7,9H,8H2,1-2H3,(H,16,17,18). The summed E-state index contributed by atoms with van der Waals surface area (Å²) in [7, 11) is 3.42. The van der Waals surface area contributed by atoms with E-state index in [-0.39, 0.29) is 0 Å². The maximum atomic E-state index is 5.29. The summed E-state index contributed by atoms with van der Waals surface area (Å²) >= 11 is 0. The third-order valence-electron chi connectivity index (χ3n) is 3.21. The van der Waals surface area contributed by atoms with Gasteiger partial charge in [-0.2, -0.15) is 4.98 Å². The second-order valence-corrected chi connectivity index (χ2v) is 4.45. The Labute approximate surface area is 116 Å². The van der Waals surface area contributed by atoms with Crippen molar-refractivity contribution in [3.63, 3.8) is 0 Å². The maximum Gasteiger partial charge on any atom is 0.321 e. The Hall–Kier alpha value is -2.56. The number of methoxy groups -OCH3 is 1. The fourth-order valence-corrected chi connectivity index (χ4v) is 2.20. The Morgan fingerprint density at radius 2 is 2.15 bits per heavy atom. The lowest BCUT2D eigenvalue weighted by atomic mass is 10.0. The molecule has 0 saturated carbocycles. The van der Waals surface area contributed by atoms with E-state index in [1.54, 1.807) is 14.2 Å². The molecule has 20 heavy (non-hydrogen) atoms. The van der Waals surface area contributed by atoms with Crippen LogP contribution in [0.2, 0.25) is 0 Å². The second-order valence-electron chi connectivity index (χ2n) is 4.45. The molecule has 3 aromatic rings. The molecule has 0 fully saturated rings. The summed E-state index contributed by atoms with van der Waals surface area (Å²) in [6, 6.07) is 12.6. The van der Waals surface area contributed by atoms with Crippen LogP contribution in [0.3, 0.4) is 0 Å². The number of hydrogen-bond donors (Lipinski definition) is 1. The van der Waals surface area contributed by atoms with Crippen molar-refractivity contribution in [2.75, 3.05) is 19.5 Å². The van der Waals surface area contributed by atoms with Crippen LogP contribution < -0.4 is 10.1 Å². The van der Waals surface area contributed by atoms with Gasteiger partial charge >= 0.3 is 6.01 Å². The molecule has 0 aliphatic carbocycles. The van der Waals surface area contributed by atoms with Gasteiger partial charge < -0.3 is 14.6 Å². The normalized spacial score (nSPS) is 10.7. The minimum Gasteiger partial charge on any atom is -0.497 e. The molecule has 0 saturated heterocycles. The zero-order valence-electron chi connectivity index (χ0n) is 11.4. The van der Waals surface area contributed by atoms with E-state index in [1.807, 2.05) is 24.3 Å². The number of nitrogens with one attached hydrogen (secondary N) is 1. The zero-order valence-corrected chi connectivity index (χ0v) is 11.4. The first kappa shape index (κ1) is 12.5. The molecule has 5 heteroatoms. The van der Waals surface area contributed by atoms with E-state index in [0.29, 0.717) is 18.3 Å². The summed E-state index contributed by atoms with van der Waals surface area (Å²) in [4.78, 5) is 4.25. The van der Waals surface area contributed by atoms with Crippen LogP contribution in [0.15, 0.2) is 40.9 Å². The lowest BCUT2D eigenvalue weighted by Crippen LogP contribution is -1.94. The van der Waals surface area contributed by atoms with Crippen molar-refractivity contribution in [1.82, 2.24) is 10.1 Å². The third kappa shape index (κ3) is 2.30. The first-order valence-corrected chi connectivity index (χ1v) is 6.36. The van der Waals surface area contributed by atoms with Crippen molar-refractivity contribution in [3.05, 3.63) is 47.8 Å². The van der Waals surface area contributed by atoms with Crippen LogP contribution >= 0.6 is 0 Å². The Balaban J connectivity index is 2.01.